The van der Waals surface area contributed by atoms with Crippen molar-refractivity contribution in [2.24, 2.45) is 5.73 Å². The monoisotopic (exact) mass is 264 g/mol. The number of hydrogen-bond acceptors (Lipinski definition) is 4. The van der Waals surface area contributed by atoms with E-state index >= 15 is 0 Å². The number of pyridine rings is 1. The summed E-state index contributed by atoms with van der Waals surface area (Å²) >= 11 is 0. The van der Waals surface area contributed by atoms with E-state index < -0.39 is 0 Å². The Hall–Kier alpha value is -2.38. The molecule has 1 fully saturated rings. The fourth-order valence-electron chi connectivity index (χ4n) is 2.27. The fraction of sp³-hybridized carbons (Fsp3) is 0.250. The van der Waals surface area contributed by atoms with E-state index in [0.717, 1.165) is 17.8 Å². The molecule has 3 rings (SSSR count). The normalized spacial score (nSPS) is 20.2. The number of nitrogens with two attached hydrogens (primary N) is 1. The molecule has 1 saturated carbocycles. The van der Waals surface area contributed by atoms with Crippen molar-refractivity contribution in [3.8, 4) is 6.07 Å². The summed E-state index contributed by atoms with van der Waals surface area (Å²) in [5.74, 6) is 1.33. The first-order chi connectivity index (χ1) is 9.76. The number of anilines is 1. The number of rotatable bonds is 4. The Balaban J connectivity index is 1.62. The molecule has 0 amide bonds. The average Bonchev–Trinajstić information content (AvgIpc) is 3.23. The predicted octanol–water partition coefficient (Wildman–Crippen LogP) is 2.38. The van der Waals surface area contributed by atoms with Gasteiger partial charge in [0.05, 0.1) is 11.6 Å². The van der Waals surface area contributed by atoms with E-state index in [1.165, 1.54) is 5.56 Å². The van der Waals surface area contributed by atoms with Gasteiger partial charge in [-0.05, 0) is 35.7 Å². The zero-order valence-electron chi connectivity index (χ0n) is 11.1. The van der Waals surface area contributed by atoms with Crippen molar-refractivity contribution in [3.05, 3.63) is 59.3 Å². The molecule has 0 saturated heterocycles. The number of aromatic nitrogens is 1. The topological polar surface area (TPSA) is 74.7 Å². The van der Waals surface area contributed by atoms with Gasteiger partial charge in [0.2, 0.25) is 0 Å². The van der Waals surface area contributed by atoms with Crippen LogP contribution in [-0.2, 0) is 6.54 Å². The van der Waals surface area contributed by atoms with Gasteiger partial charge in [-0.25, -0.2) is 4.98 Å². The number of nitriles is 1. The van der Waals surface area contributed by atoms with Crippen molar-refractivity contribution in [2.75, 3.05) is 5.32 Å². The maximum absolute atomic E-state index is 8.86. The van der Waals surface area contributed by atoms with Gasteiger partial charge in [0.15, 0.2) is 0 Å². The molecule has 1 aliphatic carbocycles. The lowest BCUT2D eigenvalue weighted by Crippen LogP contribution is -2.03. The molecular weight excluding hydrogens is 248 g/mol. The molecular formula is C16H16N4. The van der Waals surface area contributed by atoms with Crippen LogP contribution in [0.2, 0.25) is 0 Å². The molecule has 0 unspecified atom stereocenters. The van der Waals surface area contributed by atoms with Crippen LogP contribution < -0.4 is 11.1 Å². The van der Waals surface area contributed by atoms with Gasteiger partial charge in [-0.15, -0.1) is 0 Å². The molecule has 3 N–H and O–H groups in total. The van der Waals surface area contributed by atoms with E-state index in [2.05, 4.69) is 22.4 Å². The Labute approximate surface area is 118 Å². The zero-order valence-corrected chi connectivity index (χ0v) is 11.1. The predicted molar refractivity (Wildman–Crippen MR) is 78.1 cm³/mol. The maximum Gasteiger partial charge on any atom is 0.126 e. The van der Waals surface area contributed by atoms with Crippen LogP contribution in [0.3, 0.4) is 0 Å². The Morgan fingerprint density at radius 1 is 1.35 bits per heavy atom. The first-order valence-corrected chi connectivity index (χ1v) is 6.71. The highest BCUT2D eigenvalue weighted by Gasteiger charge is 2.34. The van der Waals surface area contributed by atoms with Crippen LogP contribution in [0.5, 0.6) is 0 Å². The van der Waals surface area contributed by atoms with Crippen LogP contribution in [0.15, 0.2) is 42.6 Å². The summed E-state index contributed by atoms with van der Waals surface area (Å²) in [4.78, 5) is 4.40. The highest BCUT2D eigenvalue weighted by Crippen LogP contribution is 2.38. The van der Waals surface area contributed by atoms with Crippen LogP contribution in [0.25, 0.3) is 0 Å². The summed E-state index contributed by atoms with van der Waals surface area (Å²) in [5, 5.41) is 12.1. The molecule has 4 heteroatoms. The van der Waals surface area contributed by atoms with E-state index in [0.29, 0.717) is 24.1 Å². The number of benzene rings is 1. The number of nitrogens with zero attached hydrogens (tertiary/aromatic N) is 2. The van der Waals surface area contributed by atoms with Crippen LogP contribution in [0.4, 0.5) is 5.82 Å². The minimum Gasteiger partial charge on any atom is -0.366 e. The first-order valence-electron chi connectivity index (χ1n) is 6.71. The third-order valence-electron chi connectivity index (χ3n) is 3.58. The lowest BCUT2D eigenvalue weighted by Gasteiger charge is -2.07. The molecule has 20 heavy (non-hydrogen) atoms. The molecule has 0 aliphatic heterocycles. The van der Waals surface area contributed by atoms with Crippen molar-refractivity contribution < 1.29 is 0 Å². The molecule has 2 atom stereocenters. The largest absolute Gasteiger partial charge is 0.366 e. The second kappa shape index (κ2) is 5.32. The molecule has 1 heterocycles. The van der Waals surface area contributed by atoms with E-state index in [9.17, 15) is 0 Å². The Morgan fingerprint density at radius 2 is 2.20 bits per heavy atom. The van der Waals surface area contributed by atoms with Crippen molar-refractivity contribution >= 4 is 5.82 Å². The number of hydrogen-bond donors (Lipinski definition) is 2. The Morgan fingerprint density at radius 3 is 2.85 bits per heavy atom. The lowest BCUT2D eigenvalue weighted by molar-refractivity contribution is 0.978. The van der Waals surface area contributed by atoms with Crippen LogP contribution in [0.1, 0.15) is 29.0 Å². The van der Waals surface area contributed by atoms with Gasteiger partial charge in [-0.2, -0.15) is 5.26 Å². The van der Waals surface area contributed by atoms with Gasteiger partial charge in [0.1, 0.15) is 5.82 Å². The van der Waals surface area contributed by atoms with Gasteiger partial charge < -0.3 is 11.1 Å². The van der Waals surface area contributed by atoms with Crippen molar-refractivity contribution in [1.82, 2.24) is 4.98 Å². The number of nitrogens with one attached hydrogen (secondary N) is 1. The van der Waals surface area contributed by atoms with Crippen molar-refractivity contribution in [2.45, 2.75) is 24.9 Å². The van der Waals surface area contributed by atoms with Gasteiger partial charge in [0.25, 0.3) is 0 Å². The molecule has 1 aromatic heterocycles. The maximum atomic E-state index is 8.86. The van der Waals surface area contributed by atoms with Gasteiger partial charge in [-0.3, -0.25) is 0 Å². The molecule has 0 radical (unpaired) electrons. The molecule has 1 aliphatic rings. The smallest absolute Gasteiger partial charge is 0.126 e. The lowest BCUT2D eigenvalue weighted by atomic mass is 10.1. The molecule has 1 aromatic carbocycles. The molecule has 4 nitrogen and oxygen atoms in total. The standard InChI is InChI=1S/C16H16N4/c17-8-11-2-1-3-12(6-11)9-19-16-5-4-13(10-20-16)14-7-15(14)18/h1-6,10,14-15H,7,9,18H2,(H,19,20)/t14-,15+/m1/s1. The average molecular weight is 264 g/mol. The summed E-state index contributed by atoms with van der Waals surface area (Å²) in [6, 6.07) is 14.1. The quantitative estimate of drug-likeness (QED) is 0.889. The van der Waals surface area contributed by atoms with Crippen molar-refractivity contribution in [1.29, 1.82) is 5.26 Å². The zero-order chi connectivity index (χ0) is 13.9. The second-order valence-electron chi connectivity index (χ2n) is 5.15. The van der Waals surface area contributed by atoms with Gasteiger partial charge >= 0.3 is 0 Å². The minimum absolute atomic E-state index is 0.310. The minimum atomic E-state index is 0.310. The van der Waals surface area contributed by atoms with Crippen LogP contribution in [0, 0.1) is 11.3 Å². The Bertz CT molecular complexity index is 642. The molecule has 100 valence electrons. The van der Waals surface area contributed by atoms with Gasteiger partial charge in [-0.1, -0.05) is 18.2 Å². The molecule has 2 aromatic rings. The second-order valence-corrected chi connectivity index (χ2v) is 5.15. The van der Waals surface area contributed by atoms with E-state index in [-0.39, 0.29) is 0 Å². The van der Waals surface area contributed by atoms with E-state index in [4.69, 9.17) is 11.0 Å². The van der Waals surface area contributed by atoms with E-state index in [1.54, 1.807) is 6.07 Å². The van der Waals surface area contributed by atoms with Crippen LogP contribution >= 0.6 is 0 Å². The third kappa shape index (κ3) is 2.79. The van der Waals surface area contributed by atoms with Crippen molar-refractivity contribution in [3.63, 3.8) is 0 Å². The summed E-state index contributed by atoms with van der Waals surface area (Å²) in [6.45, 7) is 0.658. The summed E-state index contributed by atoms with van der Waals surface area (Å²) in [7, 11) is 0. The highest BCUT2D eigenvalue weighted by atomic mass is 15.0. The summed E-state index contributed by atoms with van der Waals surface area (Å²) in [6.07, 6.45) is 2.96. The van der Waals surface area contributed by atoms with E-state index in [1.807, 2.05) is 30.5 Å². The van der Waals surface area contributed by atoms with Gasteiger partial charge in [0, 0.05) is 24.7 Å². The SMILES string of the molecule is N#Cc1cccc(CNc2ccc([C@H]3C[C@@H]3N)cn2)c1. The Kier molecular flexibility index (Phi) is 3.36. The molecule has 0 bridgehead atoms. The summed E-state index contributed by atoms with van der Waals surface area (Å²) < 4.78 is 0. The molecule has 0 spiro atoms. The first kappa shape index (κ1) is 12.6. The fourth-order valence-corrected chi connectivity index (χ4v) is 2.27. The third-order valence-corrected chi connectivity index (χ3v) is 3.58. The highest BCUT2D eigenvalue weighted by molar-refractivity contribution is 5.40. The summed E-state index contributed by atoms with van der Waals surface area (Å²) in [5.41, 5.74) is 8.79. The van der Waals surface area contributed by atoms with Crippen LogP contribution in [-0.4, -0.2) is 11.0 Å².